The summed E-state index contributed by atoms with van der Waals surface area (Å²) in [6.45, 7) is 14.9. The van der Waals surface area contributed by atoms with E-state index < -0.39 is 0 Å². The van der Waals surface area contributed by atoms with Gasteiger partial charge in [-0.2, -0.15) is 0 Å². The molecule has 132 valence electrons. The fourth-order valence-electron chi connectivity index (χ4n) is 2.08. The molecule has 22 heavy (non-hydrogen) atoms. The molecule has 2 N–H and O–H groups in total. The van der Waals surface area contributed by atoms with Crippen LogP contribution in [0, 0.1) is 11.8 Å². The zero-order valence-corrected chi connectivity index (χ0v) is 15.4. The summed E-state index contributed by atoms with van der Waals surface area (Å²) in [5.41, 5.74) is 0. The van der Waals surface area contributed by atoms with E-state index in [0.29, 0.717) is 17.9 Å². The summed E-state index contributed by atoms with van der Waals surface area (Å²) >= 11 is 0. The first-order valence-electron chi connectivity index (χ1n) is 8.65. The van der Waals surface area contributed by atoms with E-state index in [1.165, 1.54) is 0 Å². The summed E-state index contributed by atoms with van der Waals surface area (Å²) in [7, 11) is 1.80. The Morgan fingerprint density at radius 3 is 2.32 bits per heavy atom. The Morgan fingerprint density at radius 2 is 1.77 bits per heavy atom. The lowest BCUT2D eigenvalue weighted by molar-refractivity contribution is 0.0258. The summed E-state index contributed by atoms with van der Waals surface area (Å²) in [6, 6.07) is 0. The minimum atomic E-state index is 0.306. The first-order chi connectivity index (χ1) is 10.5. The summed E-state index contributed by atoms with van der Waals surface area (Å²) in [5.74, 6) is 1.99. The van der Waals surface area contributed by atoms with Gasteiger partial charge in [0.05, 0.1) is 6.10 Å². The number of hydrogen-bond donors (Lipinski definition) is 2. The quantitative estimate of drug-likeness (QED) is 0.330. The normalized spacial score (nSPS) is 13.7. The Labute approximate surface area is 137 Å². The molecule has 5 heteroatoms. The Morgan fingerprint density at radius 1 is 1.09 bits per heavy atom. The van der Waals surface area contributed by atoms with Crippen LogP contribution >= 0.6 is 0 Å². The van der Waals surface area contributed by atoms with E-state index in [9.17, 15) is 0 Å². The monoisotopic (exact) mass is 315 g/mol. The lowest BCUT2D eigenvalue weighted by Crippen LogP contribution is -2.39. The maximum atomic E-state index is 5.75. The van der Waals surface area contributed by atoms with Crippen LogP contribution in [-0.4, -0.2) is 52.0 Å². The fraction of sp³-hybridized carbons (Fsp3) is 0.941. The van der Waals surface area contributed by atoms with Crippen molar-refractivity contribution >= 4 is 5.96 Å². The van der Waals surface area contributed by atoms with Crippen molar-refractivity contribution in [2.24, 2.45) is 16.8 Å². The van der Waals surface area contributed by atoms with Crippen molar-refractivity contribution in [2.45, 2.75) is 53.6 Å². The van der Waals surface area contributed by atoms with Gasteiger partial charge in [0.2, 0.25) is 0 Å². The Bertz CT molecular complexity index is 281. The average molecular weight is 316 g/mol. The third-order valence-corrected chi connectivity index (χ3v) is 3.28. The van der Waals surface area contributed by atoms with E-state index in [4.69, 9.17) is 9.47 Å². The van der Waals surface area contributed by atoms with Crippen molar-refractivity contribution in [2.75, 3.05) is 40.0 Å². The number of hydrogen-bond acceptors (Lipinski definition) is 3. The van der Waals surface area contributed by atoms with Crippen molar-refractivity contribution in [1.29, 1.82) is 0 Å². The molecule has 0 fully saturated rings. The first-order valence-corrected chi connectivity index (χ1v) is 8.65. The molecule has 0 amide bonds. The van der Waals surface area contributed by atoms with E-state index in [1.807, 2.05) is 6.92 Å². The summed E-state index contributed by atoms with van der Waals surface area (Å²) in [6.07, 6.45) is 2.28. The van der Waals surface area contributed by atoms with Crippen LogP contribution < -0.4 is 10.6 Å². The second kappa shape index (κ2) is 13.8. The van der Waals surface area contributed by atoms with Gasteiger partial charge in [0.1, 0.15) is 0 Å². The smallest absolute Gasteiger partial charge is 0.190 e. The first kappa shape index (κ1) is 21.2. The van der Waals surface area contributed by atoms with Gasteiger partial charge in [0.25, 0.3) is 0 Å². The number of nitrogens with one attached hydrogen (secondary N) is 2. The van der Waals surface area contributed by atoms with Crippen LogP contribution in [0.2, 0.25) is 0 Å². The molecule has 0 bridgehead atoms. The summed E-state index contributed by atoms with van der Waals surface area (Å²) < 4.78 is 11.3. The molecule has 0 aliphatic carbocycles. The van der Waals surface area contributed by atoms with Gasteiger partial charge in [-0.15, -0.1) is 0 Å². The van der Waals surface area contributed by atoms with Crippen molar-refractivity contribution in [3.05, 3.63) is 0 Å². The molecule has 0 aromatic carbocycles. The number of guanidine groups is 1. The molecule has 0 spiro atoms. The Kier molecular flexibility index (Phi) is 13.3. The highest BCUT2D eigenvalue weighted by Crippen LogP contribution is 2.09. The zero-order chi connectivity index (χ0) is 16.8. The SMILES string of the molecule is CCOC(CCNC(=NC)NCCCOCC(C)C)C(C)C. The molecule has 0 rings (SSSR count). The largest absolute Gasteiger partial charge is 0.381 e. The molecule has 0 aliphatic heterocycles. The third kappa shape index (κ3) is 11.8. The lowest BCUT2D eigenvalue weighted by Gasteiger charge is -2.21. The average Bonchev–Trinajstić information content (AvgIpc) is 2.47. The molecule has 0 aromatic heterocycles. The fourth-order valence-corrected chi connectivity index (χ4v) is 2.08. The van der Waals surface area contributed by atoms with Crippen molar-refractivity contribution in [3.8, 4) is 0 Å². The minimum Gasteiger partial charge on any atom is -0.381 e. The van der Waals surface area contributed by atoms with Gasteiger partial charge in [-0.05, 0) is 31.6 Å². The van der Waals surface area contributed by atoms with Crippen LogP contribution in [0.5, 0.6) is 0 Å². The van der Waals surface area contributed by atoms with Crippen LogP contribution in [0.1, 0.15) is 47.5 Å². The maximum Gasteiger partial charge on any atom is 0.190 e. The molecule has 1 unspecified atom stereocenters. The third-order valence-electron chi connectivity index (χ3n) is 3.28. The number of ether oxygens (including phenoxy) is 2. The zero-order valence-electron chi connectivity index (χ0n) is 15.4. The number of aliphatic imine (C=N–C) groups is 1. The molecule has 0 aliphatic rings. The molecule has 0 heterocycles. The molecule has 0 saturated heterocycles. The van der Waals surface area contributed by atoms with E-state index >= 15 is 0 Å². The van der Waals surface area contributed by atoms with Gasteiger partial charge in [0.15, 0.2) is 5.96 Å². The van der Waals surface area contributed by atoms with Crippen molar-refractivity contribution in [1.82, 2.24) is 10.6 Å². The predicted molar refractivity (Wildman–Crippen MR) is 94.5 cm³/mol. The van der Waals surface area contributed by atoms with Gasteiger partial charge in [-0.1, -0.05) is 27.7 Å². The Balaban J connectivity index is 3.75. The number of rotatable bonds is 12. The molecular weight excluding hydrogens is 278 g/mol. The summed E-state index contributed by atoms with van der Waals surface area (Å²) in [4.78, 5) is 4.23. The van der Waals surface area contributed by atoms with Gasteiger partial charge >= 0.3 is 0 Å². The highest BCUT2D eigenvalue weighted by Gasteiger charge is 2.12. The van der Waals surface area contributed by atoms with Crippen LogP contribution in [0.25, 0.3) is 0 Å². The highest BCUT2D eigenvalue weighted by molar-refractivity contribution is 5.79. The summed E-state index contributed by atoms with van der Waals surface area (Å²) in [5, 5.41) is 6.65. The molecule has 0 aromatic rings. The van der Waals surface area contributed by atoms with E-state index in [0.717, 1.165) is 51.7 Å². The lowest BCUT2D eigenvalue weighted by atomic mass is 10.0. The second-order valence-corrected chi connectivity index (χ2v) is 6.27. The van der Waals surface area contributed by atoms with Gasteiger partial charge in [-0.3, -0.25) is 4.99 Å². The molecule has 5 nitrogen and oxygen atoms in total. The topological polar surface area (TPSA) is 54.9 Å². The second-order valence-electron chi connectivity index (χ2n) is 6.27. The molecule has 0 radical (unpaired) electrons. The van der Waals surface area contributed by atoms with Gasteiger partial charge in [0, 0.05) is 40.0 Å². The predicted octanol–water partition coefficient (Wildman–Crippen LogP) is 2.67. The van der Waals surface area contributed by atoms with Crippen molar-refractivity contribution in [3.63, 3.8) is 0 Å². The Hall–Kier alpha value is -0.810. The maximum absolute atomic E-state index is 5.75. The van der Waals surface area contributed by atoms with Crippen LogP contribution in [0.3, 0.4) is 0 Å². The van der Waals surface area contributed by atoms with Gasteiger partial charge < -0.3 is 20.1 Å². The van der Waals surface area contributed by atoms with Crippen LogP contribution in [0.4, 0.5) is 0 Å². The van der Waals surface area contributed by atoms with Gasteiger partial charge in [-0.25, -0.2) is 0 Å². The number of nitrogens with zero attached hydrogens (tertiary/aromatic N) is 1. The molecule has 1 atom stereocenters. The highest BCUT2D eigenvalue weighted by atomic mass is 16.5. The van der Waals surface area contributed by atoms with Crippen LogP contribution in [0.15, 0.2) is 4.99 Å². The minimum absolute atomic E-state index is 0.306. The van der Waals surface area contributed by atoms with Crippen molar-refractivity contribution < 1.29 is 9.47 Å². The van der Waals surface area contributed by atoms with E-state index in [-0.39, 0.29) is 0 Å². The molecular formula is C17H37N3O2. The van der Waals surface area contributed by atoms with E-state index in [1.54, 1.807) is 7.05 Å². The molecule has 0 saturated carbocycles. The van der Waals surface area contributed by atoms with Crippen LogP contribution in [-0.2, 0) is 9.47 Å². The van der Waals surface area contributed by atoms with E-state index in [2.05, 4.69) is 43.3 Å². The standard InChI is InChI=1S/C17H37N3O2/c1-7-22-16(15(4)5)9-11-20-17(18-6)19-10-8-12-21-13-14(2)3/h14-16H,7-13H2,1-6H3,(H2,18,19,20).